The number of amides is 1. The molecule has 0 radical (unpaired) electrons. The maximum absolute atomic E-state index is 12.5. The summed E-state index contributed by atoms with van der Waals surface area (Å²) in [7, 11) is 0. The molecule has 8 heteroatoms. The van der Waals surface area contributed by atoms with Gasteiger partial charge in [0.2, 0.25) is 0 Å². The van der Waals surface area contributed by atoms with Crippen LogP contribution in [0.4, 0.5) is 11.5 Å². The quantitative estimate of drug-likeness (QED) is 0.903. The Bertz CT molecular complexity index is 764. The van der Waals surface area contributed by atoms with Crippen molar-refractivity contribution in [2.24, 2.45) is 0 Å². The van der Waals surface area contributed by atoms with E-state index in [0.717, 1.165) is 18.9 Å². The number of benzene rings is 1. The fourth-order valence-electron chi connectivity index (χ4n) is 2.40. The number of carbonyl (C=O) groups is 1. The molecule has 1 amide bonds. The number of nitrogens with zero attached hydrogens (tertiary/aromatic N) is 3. The molecular formula is C16H16Cl2N4O2. The average Bonchev–Trinajstić information content (AvgIpc) is 2.57. The van der Waals surface area contributed by atoms with Crippen molar-refractivity contribution < 1.29 is 9.53 Å². The minimum absolute atomic E-state index is 0.287. The number of aryl methyl sites for hydroxylation is 1. The van der Waals surface area contributed by atoms with E-state index in [9.17, 15) is 4.79 Å². The van der Waals surface area contributed by atoms with Crippen molar-refractivity contribution in [1.82, 2.24) is 9.97 Å². The van der Waals surface area contributed by atoms with E-state index in [1.54, 1.807) is 31.2 Å². The standard InChI is InChI=1S/C16H16Cl2N4O2/c1-10-19-14(9-15(20-10)22-4-6-24-7-5-22)16(23)21-13-3-2-11(17)8-12(13)18/h2-3,8-9H,4-7H2,1H3,(H,21,23). The molecule has 24 heavy (non-hydrogen) atoms. The Kier molecular flexibility index (Phi) is 5.18. The number of hydrogen-bond acceptors (Lipinski definition) is 5. The molecule has 1 aromatic carbocycles. The third kappa shape index (κ3) is 3.95. The molecule has 0 saturated carbocycles. The van der Waals surface area contributed by atoms with Crippen molar-refractivity contribution in [3.8, 4) is 0 Å². The van der Waals surface area contributed by atoms with E-state index in [1.165, 1.54) is 0 Å². The van der Waals surface area contributed by atoms with Gasteiger partial charge in [0.1, 0.15) is 17.3 Å². The largest absolute Gasteiger partial charge is 0.378 e. The summed E-state index contributed by atoms with van der Waals surface area (Å²) in [6.07, 6.45) is 0. The zero-order valence-electron chi connectivity index (χ0n) is 13.1. The van der Waals surface area contributed by atoms with E-state index in [1.807, 2.05) is 0 Å². The Hall–Kier alpha value is -1.89. The number of halogens is 2. The lowest BCUT2D eigenvalue weighted by atomic mass is 10.3. The molecule has 2 aromatic rings. The van der Waals surface area contributed by atoms with Crippen LogP contribution >= 0.6 is 23.2 Å². The Morgan fingerprint density at radius 2 is 1.96 bits per heavy atom. The monoisotopic (exact) mass is 366 g/mol. The van der Waals surface area contributed by atoms with E-state index in [-0.39, 0.29) is 11.6 Å². The molecule has 2 heterocycles. The Balaban J connectivity index is 1.82. The first-order valence-corrected chi connectivity index (χ1v) is 8.23. The van der Waals surface area contributed by atoms with E-state index >= 15 is 0 Å². The summed E-state index contributed by atoms with van der Waals surface area (Å²) in [5.74, 6) is 0.906. The highest BCUT2D eigenvalue weighted by Gasteiger charge is 2.17. The summed E-state index contributed by atoms with van der Waals surface area (Å²) >= 11 is 12.0. The third-order valence-electron chi connectivity index (χ3n) is 3.57. The first-order valence-electron chi connectivity index (χ1n) is 7.48. The van der Waals surface area contributed by atoms with Crippen LogP contribution in [0.3, 0.4) is 0 Å². The first kappa shape index (κ1) is 17.0. The minimum atomic E-state index is -0.348. The number of anilines is 2. The fourth-order valence-corrected chi connectivity index (χ4v) is 2.86. The van der Waals surface area contributed by atoms with Crippen LogP contribution in [0.5, 0.6) is 0 Å². The van der Waals surface area contributed by atoms with E-state index in [0.29, 0.717) is 34.8 Å². The van der Waals surface area contributed by atoms with Gasteiger partial charge in [-0.25, -0.2) is 9.97 Å². The number of carbonyl (C=O) groups excluding carboxylic acids is 1. The molecule has 1 N–H and O–H groups in total. The summed E-state index contributed by atoms with van der Waals surface area (Å²) in [5.41, 5.74) is 0.769. The summed E-state index contributed by atoms with van der Waals surface area (Å²) < 4.78 is 5.34. The van der Waals surface area contributed by atoms with Crippen LogP contribution in [0.15, 0.2) is 24.3 Å². The smallest absolute Gasteiger partial charge is 0.274 e. The number of nitrogens with one attached hydrogen (secondary N) is 1. The molecule has 6 nitrogen and oxygen atoms in total. The third-order valence-corrected chi connectivity index (χ3v) is 4.12. The van der Waals surface area contributed by atoms with Crippen LogP contribution in [-0.2, 0) is 4.74 Å². The number of aromatic nitrogens is 2. The van der Waals surface area contributed by atoms with E-state index in [4.69, 9.17) is 27.9 Å². The average molecular weight is 367 g/mol. The van der Waals surface area contributed by atoms with Crippen LogP contribution in [-0.4, -0.2) is 42.2 Å². The normalized spacial score (nSPS) is 14.5. The molecule has 0 unspecified atom stereocenters. The van der Waals surface area contributed by atoms with Gasteiger partial charge in [0.25, 0.3) is 5.91 Å². The van der Waals surface area contributed by atoms with Gasteiger partial charge in [-0.2, -0.15) is 0 Å². The maximum atomic E-state index is 12.5. The van der Waals surface area contributed by atoms with Crippen LogP contribution in [0, 0.1) is 6.92 Å². The Morgan fingerprint density at radius 3 is 2.67 bits per heavy atom. The Morgan fingerprint density at radius 1 is 1.21 bits per heavy atom. The van der Waals surface area contributed by atoms with E-state index in [2.05, 4.69) is 20.2 Å². The second-order valence-corrected chi connectivity index (χ2v) is 6.18. The molecule has 1 aliphatic rings. The molecule has 0 spiro atoms. The molecule has 1 fully saturated rings. The van der Waals surface area contributed by atoms with Gasteiger partial charge < -0.3 is 15.0 Å². The molecule has 0 aliphatic carbocycles. The molecule has 1 aromatic heterocycles. The first-order chi connectivity index (χ1) is 11.5. The van der Waals surface area contributed by atoms with Crippen LogP contribution in [0.2, 0.25) is 10.0 Å². The highest BCUT2D eigenvalue weighted by molar-refractivity contribution is 6.36. The lowest BCUT2D eigenvalue weighted by Crippen LogP contribution is -2.37. The van der Waals surface area contributed by atoms with Crippen molar-refractivity contribution in [1.29, 1.82) is 0 Å². The highest BCUT2D eigenvalue weighted by Crippen LogP contribution is 2.26. The van der Waals surface area contributed by atoms with Crippen LogP contribution < -0.4 is 10.2 Å². The summed E-state index contributed by atoms with van der Waals surface area (Å²) in [4.78, 5) is 23.2. The van der Waals surface area contributed by atoms with Gasteiger partial charge in [-0.15, -0.1) is 0 Å². The van der Waals surface area contributed by atoms with Gasteiger partial charge in [-0.1, -0.05) is 23.2 Å². The van der Waals surface area contributed by atoms with E-state index < -0.39 is 0 Å². The predicted molar refractivity (Wildman–Crippen MR) is 94.2 cm³/mol. The number of hydrogen-bond donors (Lipinski definition) is 1. The SMILES string of the molecule is Cc1nc(C(=O)Nc2ccc(Cl)cc2Cl)cc(N2CCOCC2)n1. The van der Waals surface area contributed by atoms with Crippen molar-refractivity contribution in [3.05, 3.63) is 45.8 Å². The molecule has 0 atom stereocenters. The van der Waals surface area contributed by atoms with Crippen molar-refractivity contribution in [3.63, 3.8) is 0 Å². The number of rotatable bonds is 3. The van der Waals surface area contributed by atoms with Crippen LogP contribution in [0.1, 0.15) is 16.3 Å². The molecule has 126 valence electrons. The molecule has 0 bridgehead atoms. The second-order valence-electron chi connectivity index (χ2n) is 5.34. The summed E-state index contributed by atoms with van der Waals surface area (Å²) in [6.45, 7) is 4.52. The molecule has 1 saturated heterocycles. The second kappa shape index (κ2) is 7.34. The van der Waals surface area contributed by atoms with Gasteiger partial charge >= 0.3 is 0 Å². The van der Waals surface area contributed by atoms with Crippen molar-refractivity contribution in [2.75, 3.05) is 36.5 Å². The summed E-state index contributed by atoms with van der Waals surface area (Å²) in [5, 5.41) is 3.62. The van der Waals surface area contributed by atoms with Crippen molar-refractivity contribution >= 4 is 40.6 Å². The van der Waals surface area contributed by atoms with Gasteiger partial charge in [-0.05, 0) is 25.1 Å². The lowest BCUT2D eigenvalue weighted by Gasteiger charge is -2.28. The molecule has 3 rings (SSSR count). The molecule has 1 aliphatic heterocycles. The molecular weight excluding hydrogens is 351 g/mol. The number of ether oxygens (including phenoxy) is 1. The highest BCUT2D eigenvalue weighted by atomic mass is 35.5. The minimum Gasteiger partial charge on any atom is -0.378 e. The van der Waals surface area contributed by atoms with Gasteiger partial charge in [-0.3, -0.25) is 4.79 Å². The summed E-state index contributed by atoms with van der Waals surface area (Å²) in [6, 6.07) is 6.56. The Labute approximate surface area is 149 Å². The van der Waals surface area contributed by atoms with Gasteiger partial charge in [0.05, 0.1) is 23.9 Å². The van der Waals surface area contributed by atoms with Gasteiger partial charge in [0.15, 0.2) is 0 Å². The zero-order valence-corrected chi connectivity index (χ0v) is 14.6. The predicted octanol–water partition coefficient (Wildman–Crippen LogP) is 3.18. The topological polar surface area (TPSA) is 67.4 Å². The van der Waals surface area contributed by atoms with Crippen molar-refractivity contribution in [2.45, 2.75) is 6.92 Å². The van der Waals surface area contributed by atoms with Crippen LogP contribution in [0.25, 0.3) is 0 Å². The maximum Gasteiger partial charge on any atom is 0.274 e. The van der Waals surface area contributed by atoms with Gasteiger partial charge in [0, 0.05) is 24.2 Å². The fraction of sp³-hybridized carbons (Fsp3) is 0.312. The zero-order chi connectivity index (χ0) is 17.1. The number of morpholine rings is 1. The lowest BCUT2D eigenvalue weighted by molar-refractivity contribution is 0.102.